The molecule has 0 aromatic heterocycles. The summed E-state index contributed by atoms with van der Waals surface area (Å²) in [6, 6.07) is -0.295. The van der Waals surface area contributed by atoms with Crippen LogP contribution in [0, 0.1) is 23.7 Å². The minimum atomic E-state index is -2.00. The minimum absolute atomic E-state index is 0.0691. The van der Waals surface area contributed by atoms with Gasteiger partial charge in [0.15, 0.2) is 24.8 Å². The Balaban J connectivity index is 2.28. The van der Waals surface area contributed by atoms with Crippen molar-refractivity contribution in [3.8, 4) is 0 Å². The molecular weight excluding hydrogens is 758 g/mol. The highest BCUT2D eigenvalue weighted by Gasteiger charge is 2.55. The number of carbonyl (C=O) groups excluding carboxylic acids is 4. The number of carbonyl (C=O) groups is 4. The highest BCUT2D eigenvalue weighted by molar-refractivity contribution is 5.83. The number of nitrogens with zero attached hydrogens (tertiary/aromatic N) is 1. The van der Waals surface area contributed by atoms with Crippen molar-refractivity contribution in [1.82, 2.24) is 4.90 Å². The van der Waals surface area contributed by atoms with Gasteiger partial charge < -0.3 is 57.7 Å². The maximum absolute atomic E-state index is 14.4. The van der Waals surface area contributed by atoms with Gasteiger partial charge in [-0.15, -0.1) is 0 Å². The Morgan fingerprint density at radius 2 is 1.40 bits per heavy atom. The van der Waals surface area contributed by atoms with Gasteiger partial charge >= 0.3 is 17.9 Å². The number of methoxy groups -OCH3 is 2. The van der Waals surface area contributed by atoms with E-state index in [4.69, 9.17) is 42.6 Å². The maximum Gasteiger partial charge on any atom is 0.311 e. The van der Waals surface area contributed by atoms with Crippen molar-refractivity contribution >= 4 is 23.7 Å². The van der Waals surface area contributed by atoms with Crippen molar-refractivity contribution in [2.45, 2.75) is 193 Å². The standard InChI is InChI=1S/C42H73NO15/c1-17-30-42(12,49)35(47)23(4)32(46)21(2)19-40(10,50-15)36(58-39-34(54-27(8)44)29(43(13)14)18-22(3)52-39)24(5)33(25(6)38(48)56-30)57-31-20-41(11,51-16)37(26(7)53-31)55-28(9)45/h21-26,29-31,33-37,39,47,49H,17-20H2,1-16H3/t21-,22-,23+,24+,25-,26?,29+,30-,31?,33?,34-,35-,36-,37?,39+,40-,41?,42-/m1/s1. The van der Waals surface area contributed by atoms with Gasteiger partial charge in [0.2, 0.25) is 0 Å². The molecule has 0 aromatic carbocycles. The summed E-state index contributed by atoms with van der Waals surface area (Å²) in [7, 11) is 6.76. The Morgan fingerprint density at radius 3 is 1.91 bits per heavy atom. The third-order valence-electron chi connectivity index (χ3n) is 12.8. The third-order valence-corrected chi connectivity index (χ3v) is 12.8. The average Bonchev–Trinajstić information content (AvgIpc) is 3.14. The van der Waals surface area contributed by atoms with Crippen LogP contribution in [0.2, 0.25) is 0 Å². The monoisotopic (exact) mass is 831 g/mol. The number of esters is 3. The predicted molar refractivity (Wildman–Crippen MR) is 210 cm³/mol. The number of Topliss-reactive ketones (excluding diaryl/α,β-unsaturated/α-hetero) is 1. The molecule has 0 bridgehead atoms. The third kappa shape index (κ3) is 11.1. The summed E-state index contributed by atoms with van der Waals surface area (Å²) in [5, 5.41) is 23.3. The molecule has 0 spiro atoms. The van der Waals surface area contributed by atoms with Crippen molar-refractivity contribution in [3.05, 3.63) is 0 Å². The van der Waals surface area contributed by atoms with Gasteiger partial charge in [-0.3, -0.25) is 19.2 Å². The molecule has 336 valence electrons. The van der Waals surface area contributed by atoms with Crippen LogP contribution < -0.4 is 0 Å². The van der Waals surface area contributed by atoms with Gasteiger partial charge in [0, 0.05) is 52.2 Å². The van der Waals surface area contributed by atoms with Crippen LogP contribution in [0.5, 0.6) is 0 Å². The van der Waals surface area contributed by atoms with E-state index in [1.54, 1.807) is 48.5 Å². The number of ether oxygens (including phenoxy) is 9. The number of hydrogen-bond acceptors (Lipinski definition) is 16. The number of rotatable bonds is 10. The first-order valence-electron chi connectivity index (χ1n) is 20.7. The number of aliphatic hydroxyl groups excluding tert-OH is 1. The van der Waals surface area contributed by atoms with Gasteiger partial charge in [-0.2, -0.15) is 0 Å². The number of ketones is 1. The Hall–Kier alpha value is -2.28. The zero-order valence-electron chi connectivity index (χ0n) is 37.6. The highest BCUT2D eigenvalue weighted by Crippen LogP contribution is 2.42. The fourth-order valence-electron chi connectivity index (χ4n) is 9.27. The summed E-state index contributed by atoms with van der Waals surface area (Å²) in [5.41, 5.74) is -4.37. The predicted octanol–water partition coefficient (Wildman–Crippen LogP) is 3.58. The summed E-state index contributed by atoms with van der Waals surface area (Å²) in [6.45, 7) is 19.6. The second kappa shape index (κ2) is 20.1. The molecule has 16 nitrogen and oxygen atoms in total. The van der Waals surface area contributed by atoms with E-state index in [0.29, 0.717) is 6.42 Å². The van der Waals surface area contributed by atoms with E-state index in [0.717, 1.165) is 0 Å². The summed E-state index contributed by atoms with van der Waals surface area (Å²) < 4.78 is 56.4. The van der Waals surface area contributed by atoms with Crippen LogP contribution in [0.4, 0.5) is 0 Å². The molecule has 58 heavy (non-hydrogen) atoms. The summed E-state index contributed by atoms with van der Waals surface area (Å²) in [5.74, 6) is -5.76. The Kier molecular flexibility index (Phi) is 17.3. The van der Waals surface area contributed by atoms with E-state index in [2.05, 4.69) is 0 Å². The zero-order valence-corrected chi connectivity index (χ0v) is 37.6. The van der Waals surface area contributed by atoms with E-state index in [9.17, 15) is 29.4 Å². The molecule has 5 unspecified atom stereocenters. The Morgan fingerprint density at radius 1 is 0.828 bits per heavy atom. The molecule has 0 saturated carbocycles. The van der Waals surface area contributed by atoms with Crippen LogP contribution in [0.3, 0.4) is 0 Å². The minimum Gasteiger partial charge on any atom is -0.459 e. The van der Waals surface area contributed by atoms with E-state index in [1.807, 2.05) is 32.8 Å². The average molecular weight is 832 g/mol. The van der Waals surface area contributed by atoms with Crippen LogP contribution in [0.1, 0.15) is 109 Å². The van der Waals surface area contributed by atoms with E-state index in [1.165, 1.54) is 35.0 Å². The molecule has 0 aliphatic carbocycles. The second-order valence-corrected chi connectivity index (χ2v) is 17.8. The van der Waals surface area contributed by atoms with Gasteiger partial charge in [-0.1, -0.05) is 27.7 Å². The molecule has 3 heterocycles. The highest BCUT2D eigenvalue weighted by atomic mass is 16.7. The van der Waals surface area contributed by atoms with Gasteiger partial charge in [-0.05, 0) is 74.9 Å². The first kappa shape index (κ1) is 50.1. The summed E-state index contributed by atoms with van der Waals surface area (Å²) >= 11 is 0. The molecular formula is C42H73NO15. The topological polar surface area (TPSA) is 195 Å². The molecule has 3 saturated heterocycles. The molecule has 0 aromatic rings. The summed E-state index contributed by atoms with van der Waals surface area (Å²) in [4.78, 5) is 55.1. The Bertz CT molecular complexity index is 1410. The van der Waals surface area contributed by atoms with Crippen molar-refractivity contribution < 1.29 is 72.0 Å². The smallest absolute Gasteiger partial charge is 0.311 e. The molecule has 0 radical (unpaired) electrons. The van der Waals surface area contributed by atoms with Crippen molar-refractivity contribution in [2.24, 2.45) is 23.7 Å². The molecule has 0 amide bonds. The van der Waals surface area contributed by atoms with Gasteiger partial charge in [0.1, 0.15) is 23.1 Å². The first-order valence-corrected chi connectivity index (χ1v) is 20.7. The lowest BCUT2D eigenvalue weighted by Gasteiger charge is -2.50. The molecule has 3 aliphatic rings. The molecule has 3 fully saturated rings. The molecule has 16 heteroatoms. The van der Waals surface area contributed by atoms with Crippen LogP contribution in [-0.4, -0.2) is 151 Å². The van der Waals surface area contributed by atoms with E-state index < -0.39 is 114 Å². The molecule has 2 N–H and O–H groups in total. The Labute approximate surface area is 345 Å². The van der Waals surface area contributed by atoms with Crippen LogP contribution >= 0.6 is 0 Å². The quantitative estimate of drug-likeness (QED) is 0.239. The molecule has 18 atom stereocenters. The summed E-state index contributed by atoms with van der Waals surface area (Å²) in [6.07, 6.45) is -8.86. The van der Waals surface area contributed by atoms with Crippen LogP contribution in [0.25, 0.3) is 0 Å². The largest absolute Gasteiger partial charge is 0.459 e. The number of hydrogen-bond donors (Lipinski definition) is 2. The second-order valence-electron chi connectivity index (χ2n) is 17.8. The molecule has 3 rings (SSSR count). The SMILES string of the molecule is CC[C@H]1OC(=O)[C@H](C)C(OC2CC(C)(OC)C(OC(C)=O)C(C)O2)[C@H](C)[C@@H](O[C@@H]2O[C@H](C)C[C@H](N(C)C)[C@H]2OC(C)=O)[C@](C)(OC)C[C@@H](C)C(=O)[C@H](C)[C@@H](O)[C@]1(C)O. The lowest BCUT2D eigenvalue weighted by molar-refractivity contribution is -0.320. The van der Waals surface area contributed by atoms with Crippen molar-refractivity contribution in [3.63, 3.8) is 0 Å². The van der Waals surface area contributed by atoms with Crippen molar-refractivity contribution in [2.75, 3.05) is 28.3 Å². The fraction of sp³-hybridized carbons (Fsp3) is 0.905. The maximum atomic E-state index is 14.4. The number of likely N-dealkylation sites (N-methyl/N-ethyl adjacent to an activating group) is 1. The number of aliphatic hydroxyl groups is 2. The zero-order chi connectivity index (χ0) is 44.2. The lowest BCUT2D eigenvalue weighted by atomic mass is 9.74. The van der Waals surface area contributed by atoms with Gasteiger partial charge in [0.25, 0.3) is 0 Å². The first-order chi connectivity index (χ1) is 26.8. The normalized spacial score (nSPS) is 44.9. The van der Waals surface area contributed by atoms with Crippen LogP contribution in [0.15, 0.2) is 0 Å². The van der Waals surface area contributed by atoms with Crippen molar-refractivity contribution in [1.29, 1.82) is 0 Å². The van der Waals surface area contributed by atoms with E-state index >= 15 is 0 Å². The molecule has 3 aliphatic heterocycles. The fourth-order valence-corrected chi connectivity index (χ4v) is 9.27. The number of cyclic esters (lactones) is 1. The van der Waals surface area contributed by atoms with Gasteiger partial charge in [-0.25, -0.2) is 0 Å². The lowest BCUT2D eigenvalue weighted by Crippen LogP contribution is -2.62. The van der Waals surface area contributed by atoms with E-state index in [-0.39, 0.29) is 37.2 Å². The van der Waals surface area contributed by atoms with Gasteiger partial charge in [0.05, 0.1) is 48.1 Å². The van der Waals surface area contributed by atoms with Crippen LogP contribution in [-0.2, 0) is 61.8 Å².